The molecule has 0 aliphatic carbocycles. The van der Waals surface area contributed by atoms with E-state index in [0.717, 1.165) is 0 Å². The van der Waals surface area contributed by atoms with Crippen molar-refractivity contribution in [2.75, 3.05) is 13.7 Å². The number of hydrogen-bond donors (Lipinski definition) is 4. The lowest BCUT2D eigenvalue weighted by molar-refractivity contribution is -0.265. The number of halogens is 1. The number of hydrogen-bond acceptors (Lipinski definition) is 8. The van der Waals surface area contributed by atoms with Crippen LogP contribution in [-0.4, -0.2) is 70.7 Å². The van der Waals surface area contributed by atoms with Gasteiger partial charge in [-0.25, -0.2) is 4.39 Å². The number of alkyl halides is 1. The van der Waals surface area contributed by atoms with Crippen molar-refractivity contribution in [2.24, 2.45) is 0 Å². The van der Waals surface area contributed by atoms with Gasteiger partial charge in [-0.2, -0.15) is 0 Å². The fourth-order valence-electron chi connectivity index (χ4n) is 3.31. The van der Waals surface area contributed by atoms with Crippen LogP contribution in [0.5, 0.6) is 17.2 Å². The third-order valence-electron chi connectivity index (χ3n) is 5.06. The molecule has 3 rings (SSSR count). The second-order valence-electron chi connectivity index (χ2n) is 7.40. The van der Waals surface area contributed by atoms with Crippen molar-refractivity contribution in [3.05, 3.63) is 59.2 Å². The minimum absolute atomic E-state index is 0.128. The first-order valence-electron chi connectivity index (χ1n) is 9.88. The van der Waals surface area contributed by atoms with E-state index in [0.29, 0.717) is 16.9 Å². The second kappa shape index (κ2) is 10.1. The number of aliphatic hydroxyl groups excluding tert-OH is 3. The lowest BCUT2D eigenvalue weighted by Crippen LogP contribution is -2.58. The topological polar surface area (TPSA) is 126 Å². The molecule has 2 aromatic rings. The zero-order chi connectivity index (χ0) is 23.4. The summed E-state index contributed by atoms with van der Waals surface area (Å²) < 4.78 is 29.9. The first-order chi connectivity index (χ1) is 15.2. The van der Waals surface area contributed by atoms with Crippen LogP contribution in [0.25, 0.3) is 6.08 Å². The molecule has 0 aromatic heterocycles. The third-order valence-corrected chi connectivity index (χ3v) is 5.06. The summed E-state index contributed by atoms with van der Waals surface area (Å²) >= 11 is 0. The summed E-state index contributed by atoms with van der Waals surface area (Å²) in [5.74, 6) is -0.430. The minimum Gasteiger partial charge on any atom is -0.507 e. The molecule has 0 bridgehead atoms. The molecule has 172 valence electrons. The summed E-state index contributed by atoms with van der Waals surface area (Å²) in [6.07, 6.45) is -5.89. The van der Waals surface area contributed by atoms with Gasteiger partial charge in [-0.3, -0.25) is 4.79 Å². The van der Waals surface area contributed by atoms with Crippen LogP contribution in [-0.2, 0) is 4.74 Å². The molecule has 0 saturated carbocycles. The molecule has 9 heteroatoms. The average molecular weight is 448 g/mol. The van der Waals surface area contributed by atoms with Crippen LogP contribution in [0.1, 0.15) is 21.5 Å². The van der Waals surface area contributed by atoms with Crippen LogP contribution < -0.4 is 9.47 Å². The Kier molecular flexibility index (Phi) is 7.47. The number of methoxy groups -OCH3 is 1. The van der Waals surface area contributed by atoms with E-state index in [4.69, 9.17) is 14.2 Å². The first kappa shape index (κ1) is 23.7. The predicted molar refractivity (Wildman–Crippen MR) is 112 cm³/mol. The fourth-order valence-corrected chi connectivity index (χ4v) is 3.31. The van der Waals surface area contributed by atoms with E-state index >= 15 is 0 Å². The Morgan fingerprint density at radius 1 is 1.19 bits per heavy atom. The van der Waals surface area contributed by atoms with Gasteiger partial charge in [0.25, 0.3) is 0 Å². The molecule has 0 radical (unpaired) electrons. The SMILES string of the molecule is COc1ccc(C=CC(=O)c2c(O)cc(C)cc2OC2OC(CO)C(F)C(O)C2O)cc1. The molecule has 1 saturated heterocycles. The number of phenols is 1. The average Bonchev–Trinajstić information content (AvgIpc) is 2.77. The third kappa shape index (κ3) is 5.08. The van der Waals surface area contributed by atoms with E-state index in [9.17, 15) is 29.6 Å². The number of aliphatic hydroxyl groups is 3. The highest BCUT2D eigenvalue weighted by Gasteiger charge is 2.46. The molecule has 5 unspecified atom stereocenters. The van der Waals surface area contributed by atoms with Crippen molar-refractivity contribution in [1.29, 1.82) is 0 Å². The smallest absolute Gasteiger partial charge is 0.229 e. The number of ether oxygens (including phenoxy) is 3. The fraction of sp³-hybridized carbons (Fsp3) is 0.348. The number of phenolic OH excluding ortho intramolecular Hbond substituents is 1. The van der Waals surface area contributed by atoms with Crippen molar-refractivity contribution >= 4 is 11.9 Å². The van der Waals surface area contributed by atoms with Crippen LogP contribution >= 0.6 is 0 Å². The van der Waals surface area contributed by atoms with Gasteiger partial charge in [-0.15, -0.1) is 0 Å². The van der Waals surface area contributed by atoms with Gasteiger partial charge in [0.15, 0.2) is 12.0 Å². The Morgan fingerprint density at radius 2 is 1.88 bits per heavy atom. The molecule has 1 aliphatic heterocycles. The van der Waals surface area contributed by atoms with E-state index in [2.05, 4.69) is 0 Å². The Labute approximate surface area is 184 Å². The maximum absolute atomic E-state index is 14.0. The maximum Gasteiger partial charge on any atom is 0.229 e. The number of carbonyl (C=O) groups is 1. The molecule has 1 heterocycles. The van der Waals surface area contributed by atoms with Crippen molar-refractivity contribution < 1.29 is 43.8 Å². The highest BCUT2D eigenvalue weighted by molar-refractivity contribution is 6.10. The number of carbonyl (C=O) groups excluding carboxylic acids is 1. The summed E-state index contributed by atoms with van der Waals surface area (Å²) in [5.41, 5.74) is 1.05. The van der Waals surface area contributed by atoms with Crippen LogP contribution in [0.4, 0.5) is 4.39 Å². The number of aryl methyl sites for hydroxylation is 1. The lowest BCUT2D eigenvalue weighted by atomic mass is 10.00. The van der Waals surface area contributed by atoms with Crippen molar-refractivity contribution in [3.63, 3.8) is 0 Å². The zero-order valence-electron chi connectivity index (χ0n) is 17.5. The number of ketones is 1. The van der Waals surface area contributed by atoms with E-state index < -0.39 is 43.2 Å². The quantitative estimate of drug-likeness (QED) is 0.373. The highest BCUT2D eigenvalue weighted by Crippen LogP contribution is 2.34. The summed E-state index contributed by atoms with van der Waals surface area (Å²) in [4.78, 5) is 12.8. The summed E-state index contributed by atoms with van der Waals surface area (Å²) in [6, 6.07) is 9.74. The Bertz CT molecular complexity index is 973. The molecule has 0 spiro atoms. The monoisotopic (exact) mass is 448 g/mol. The lowest BCUT2D eigenvalue weighted by Gasteiger charge is -2.38. The van der Waals surface area contributed by atoms with Crippen molar-refractivity contribution in [3.8, 4) is 17.2 Å². The van der Waals surface area contributed by atoms with Crippen molar-refractivity contribution in [1.82, 2.24) is 0 Å². The number of allylic oxidation sites excluding steroid dienone is 1. The van der Waals surface area contributed by atoms with Gasteiger partial charge in [0, 0.05) is 0 Å². The predicted octanol–water partition coefficient (Wildman–Crippen LogP) is 1.76. The Hall–Kier alpha value is -2.98. The first-order valence-corrected chi connectivity index (χ1v) is 9.88. The van der Waals surface area contributed by atoms with E-state index in [1.807, 2.05) is 0 Å². The molecule has 1 fully saturated rings. The zero-order valence-corrected chi connectivity index (χ0v) is 17.5. The molecule has 32 heavy (non-hydrogen) atoms. The van der Waals surface area contributed by atoms with E-state index in [1.54, 1.807) is 38.3 Å². The van der Waals surface area contributed by atoms with Gasteiger partial charge in [-0.1, -0.05) is 18.2 Å². The molecule has 4 N–H and O–H groups in total. The summed E-state index contributed by atoms with van der Waals surface area (Å²) in [7, 11) is 1.54. The molecule has 2 aromatic carbocycles. The summed E-state index contributed by atoms with van der Waals surface area (Å²) in [5, 5.41) is 39.7. The van der Waals surface area contributed by atoms with Gasteiger partial charge in [0.1, 0.15) is 41.1 Å². The largest absolute Gasteiger partial charge is 0.507 e. The molecule has 8 nitrogen and oxygen atoms in total. The van der Waals surface area contributed by atoms with Gasteiger partial charge in [0.05, 0.1) is 13.7 Å². The second-order valence-corrected chi connectivity index (χ2v) is 7.40. The standard InChI is InChI=1S/C23H25FO8/c1-12-9-16(27)19(15(26)8-5-13-3-6-14(30-2)7-4-13)17(10-12)31-23-22(29)21(28)20(24)18(11-25)32-23/h3-10,18,20-23,25,27-29H,11H2,1-2H3. The van der Waals surface area contributed by atoms with Crippen LogP contribution in [0, 0.1) is 6.92 Å². The molecular formula is C23H25FO8. The van der Waals surface area contributed by atoms with Gasteiger partial charge < -0.3 is 34.6 Å². The van der Waals surface area contributed by atoms with Gasteiger partial charge in [-0.05, 0) is 48.4 Å². The highest BCUT2D eigenvalue weighted by atomic mass is 19.1. The van der Waals surface area contributed by atoms with Crippen molar-refractivity contribution in [2.45, 2.75) is 37.7 Å². The van der Waals surface area contributed by atoms with E-state index in [1.165, 1.54) is 24.3 Å². The number of benzene rings is 2. The van der Waals surface area contributed by atoms with Gasteiger partial charge in [0.2, 0.25) is 6.29 Å². The molecular weight excluding hydrogens is 423 g/mol. The Morgan fingerprint density at radius 3 is 2.50 bits per heavy atom. The Balaban J connectivity index is 1.87. The molecule has 5 atom stereocenters. The number of rotatable bonds is 7. The molecule has 0 amide bonds. The van der Waals surface area contributed by atoms with E-state index in [-0.39, 0.29) is 17.1 Å². The molecule has 1 aliphatic rings. The minimum atomic E-state index is -2.02. The normalized spacial score (nSPS) is 25.6. The summed E-state index contributed by atoms with van der Waals surface area (Å²) in [6.45, 7) is 0.898. The number of aromatic hydroxyl groups is 1. The van der Waals surface area contributed by atoms with Crippen LogP contribution in [0.15, 0.2) is 42.5 Å². The van der Waals surface area contributed by atoms with Crippen LogP contribution in [0.3, 0.4) is 0 Å². The maximum atomic E-state index is 14.0. The van der Waals surface area contributed by atoms with Crippen LogP contribution in [0.2, 0.25) is 0 Å². The van der Waals surface area contributed by atoms with Gasteiger partial charge >= 0.3 is 0 Å².